The molecule has 58 heavy (non-hydrogen) atoms. The first kappa shape index (κ1) is 32.8. The van der Waals surface area contributed by atoms with Gasteiger partial charge < -0.3 is 14.0 Å². The Labute approximate surface area is 339 Å². The van der Waals surface area contributed by atoms with Crippen molar-refractivity contribution in [2.45, 2.75) is 0 Å². The number of hydrogen-bond donors (Lipinski definition) is 0. The maximum absolute atomic E-state index is 2.46. The molecule has 0 N–H and O–H groups in total. The zero-order valence-electron chi connectivity index (χ0n) is 31.5. The van der Waals surface area contributed by atoms with Crippen molar-refractivity contribution in [1.29, 1.82) is 0 Å². The van der Waals surface area contributed by atoms with Gasteiger partial charge in [-0.3, -0.25) is 0 Å². The van der Waals surface area contributed by atoms with Crippen molar-refractivity contribution < 1.29 is 0 Å². The highest BCUT2D eigenvalue weighted by molar-refractivity contribution is 7.25. The van der Waals surface area contributed by atoms with Crippen LogP contribution in [0.1, 0.15) is 0 Å². The summed E-state index contributed by atoms with van der Waals surface area (Å²) in [4.78, 5) is 2.46. The third-order valence-corrected chi connectivity index (χ3v) is 12.8. The summed E-state index contributed by atoms with van der Waals surface area (Å²) < 4.78 is 7.44. The minimum Gasteiger partial charge on any atom is -0.310 e. The molecule has 0 bridgehead atoms. The number of benzene rings is 9. The third-order valence-electron chi connectivity index (χ3n) is 11.7. The Kier molecular flexibility index (Phi) is 7.40. The molecule has 0 amide bonds. The minimum atomic E-state index is 1.09. The summed E-state index contributed by atoms with van der Waals surface area (Å²) in [6.45, 7) is 0. The quantitative estimate of drug-likeness (QED) is 0.165. The van der Waals surface area contributed by atoms with Gasteiger partial charge in [-0.2, -0.15) is 0 Å². The molecule has 0 aliphatic rings. The molecule has 3 heterocycles. The molecule has 272 valence electrons. The van der Waals surface area contributed by atoms with Gasteiger partial charge in [0.15, 0.2) is 0 Å². The van der Waals surface area contributed by atoms with Gasteiger partial charge in [-0.15, -0.1) is 11.3 Å². The lowest BCUT2D eigenvalue weighted by Gasteiger charge is -2.27. The number of nitrogens with zero attached hydrogens (tertiary/aromatic N) is 3. The van der Waals surface area contributed by atoms with Gasteiger partial charge in [-0.25, -0.2) is 0 Å². The molecule has 0 spiro atoms. The molecule has 0 unspecified atom stereocenters. The van der Waals surface area contributed by atoms with E-state index in [1.807, 2.05) is 11.3 Å². The van der Waals surface area contributed by atoms with E-state index in [0.717, 1.165) is 28.4 Å². The van der Waals surface area contributed by atoms with E-state index in [2.05, 4.69) is 226 Å². The van der Waals surface area contributed by atoms with Gasteiger partial charge in [0.05, 0.1) is 27.8 Å². The highest BCUT2D eigenvalue weighted by atomic mass is 32.1. The largest absolute Gasteiger partial charge is 0.310 e. The summed E-state index contributed by atoms with van der Waals surface area (Å²) in [5, 5.41) is 7.54. The van der Waals surface area contributed by atoms with E-state index in [1.54, 1.807) is 0 Å². The van der Waals surface area contributed by atoms with Gasteiger partial charge in [-0.05, 0) is 96.1 Å². The van der Waals surface area contributed by atoms with Crippen LogP contribution in [0.4, 0.5) is 17.1 Å². The van der Waals surface area contributed by atoms with Gasteiger partial charge >= 0.3 is 0 Å². The summed E-state index contributed by atoms with van der Waals surface area (Å²) in [7, 11) is 0. The molecular formula is C54H35N3S. The molecule has 0 saturated carbocycles. The molecule has 12 aromatic rings. The number of rotatable bonds is 6. The van der Waals surface area contributed by atoms with Crippen LogP contribution >= 0.6 is 11.3 Å². The highest BCUT2D eigenvalue weighted by Crippen LogP contribution is 2.46. The summed E-state index contributed by atoms with van der Waals surface area (Å²) in [6, 6.07) is 77.4. The van der Waals surface area contributed by atoms with Crippen LogP contribution in [0.15, 0.2) is 212 Å². The normalized spacial score (nSPS) is 11.8. The molecule has 3 aromatic heterocycles. The van der Waals surface area contributed by atoms with E-state index in [0.29, 0.717) is 0 Å². The van der Waals surface area contributed by atoms with E-state index >= 15 is 0 Å². The minimum absolute atomic E-state index is 1.09. The van der Waals surface area contributed by atoms with Gasteiger partial charge in [0.1, 0.15) is 0 Å². The monoisotopic (exact) mass is 757 g/mol. The number of aromatic nitrogens is 2. The van der Waals surface area contributed by atoms with Gasteiger partial charge in [0.2, 0.25) is 0 Å². The molecule has 9 aromatic carbocycles. The van der Waals surface area contributed by atoms with E-state index in [4.69, 9.17) is 0 Å². The first-order valence-corrected chi connectivity index (χ1v) is 20.6. The highest BCUT2D eigenvalue weighted by Gasteiger charge is 2.23. The molecule has 0 fully saturated rings. The number of para-hydroxylation sites is 4. The summed E-state index contributed by atoms with van der Waals surface area (Å²) in [5.41, 5.74) is 12.8. The van der Waals surface area contributed by atoms with E-state index in [1.165, 1.54) is 74.9 Å². The van der Waals surface area contributed by atoms with Crippen LogP contribution in [0, 0.1) is 0 Å². The molecule has 3 nitrogen and oxygen atoms in total. The molecule has 0 aliphatic heterocycles. The Morgan fingerprint density at radius 3 is 1.66 bits per heavy atom. The Morgan fingerprint density at radius 2 is 0.897 bits per heavy atom. The smallest absolute Gasteiger partial charge is 0.0562 e. The fourth-order valence-electron chi connectivity index (χ4n) is 9.23. The standard InChI is InChI=1S/C54H35N3S/c1-3-15-37(16-4-1)56-47-24-11-8-20-44(47)54-48(25-14-26-49(54)56)55(39-31-29-36(30-32-39)41-22-13-28-52-53(41)45-21-9-12-27-51(45)58-52)40-33-34-43-42-19-7-10-23-46(42)57(50(43)35-40)38-17-5-2-6-18-38/h1-35H. The first-order chi connectivity index (χ1) is 28.8. The molecule has 0 radical (unpaired) electrons. The summed E-state index contributed by atoms with van der Waals surface area (Å²) >= 11 is 1.86. The van der Waals surface area contributed by atoms with Crippen LogP contribution < -0.4 is 4.90 Å². The molecular weight excluding hydrogens is 723 g/mol. The van der Waals surface area contributed by atoms with Crippen molar-refractivity contribution in [2.75, 3.05) is 4.90 Å². The molecule has 0 atom stereocenters. The van der Waals surface area contributed by atoms with E-state index < -0.39 is 0 Å². The maximum atomic E-state index is 2.46. The zero-order chi connectivity index (χ0) is 38.2. The van der Waals surface area contributed by atoms with Gasteiger partial charge in [0.25, 0.3) is 0 Å². The van der Waals surface area contributed by atoms with Crippen LogP contribution in [0.2, 0.25) is 0 Å². The SMILES string of the molecule is c1ccc(-n2c3ccccc3c3ccc(N(c4ccc(-c5cccc6sc7ccccc7c56)cc4)c4cccc5c4c4ccccc4n5-c4ccccc4)cc32)cc1. The Morgan fingerprint density at radius 1 is 0.345 bits per heavy atom. The van der Waals surface area contributed by atoms with Crippen LogP contribution in [-0.4, -0.2) is 9.13 Å². The lowest BCUT2D eigenvalue weighted by molar-refractivity contribution is 1.17. The van der Waals surface area contributed by atoms with Crippen molar-refractivity contribution in [3.05, 3.63) is 212 Å². The van der Waals surface area contributed by atoms with Crippen molar-refractivity contribution in [3.8, 4) is 22.5 Å². The number of thiophene rings is 1. The Bertz CT molecular complexity index is 3500. The average molecular weight is 758 g/mol. The lowest BCUT2D eigenvalue weighted by atomic mass is 9.99. The van der Waals surface area contributed by atoms with Crippen LogP contribution in [0.5, 0.6) is 0 Å². The fraction of sp³-hybridized carbons (Fsp3) is 0. The van der Waals surface area contributed by atoms with Gasteiger partial charge in [-0.1, -0.05) is 127 Å². The maximum Gasteiger partial charge on any atom is 0.0562 e. The molecule has 12 rings (SSSR count). The lowest BCUT2D eigenvalue weighted by Crippen LogP contribution is -2.10. The third kappa shape index (κ3) is 4.99. The van der Waals surface area contributed by atoms with Crippen molar-refractivity contribution in [1.82, 2.24) is 9.13 Å². The topological polar surface area (TPSA) is 13.1 Å². The molecule has 4 heteroatoms. The second-order valence-corrected chi connectivity index (χ2v) is 16.0. The van der Waals surface area contributed by atoms with Crippen molar-refractivity contribution >= 4 is 92.2 Å². The summed E-state index contributed by atoms with van der Waals surface area (Å²) in [6.07, 6.45) is 0. The second kappa shape index (κ2) is 13.1. The van der Waals surface area contributed by atoms with Gasteiger partial charge in [0, 0.05) is 64.5 Å². The number of fused-ring (bicyclic) bond motifs is 9. The fourth-order valence-corrected chi connectivity index (χ4v) is 10.4. The van der Waals surface area contributed by atoms with Crippen molar-refractivity contribution in [2.24, 2.45) is 0 Å². The number of hydrogen-bond acceptors (Lipinski definition) is 2. The van der Waals surface area contributed by atoms with E-state index in [9.17, 15) is 0 Å². The number of anilines is 3. The van der Waals surface area contributed by atoms with Crippen LogP contribution in [0.3, 0.4) is 0 Å². The average Bonchev–Trinajstić information content (AvgIpc) is 3.95. The summed E-state index contributed by atoms with van der Waals surface area (Å²) in [5.74, 6) is 0. The predicted octanol–water partition coefficient (Wildman–Crippen LogP) is 15.4. The van der Waals surface area contributed by atoms with Crippen molar-refractivity contribution in [3.63, 3.8) is 0 Å². The van der Waals surface area contributed by atoms with Crippen LogP contribution in [-0.2, 0) is 0 Å². The Hall–Kier alpha value is -7.40. The Balaban J connectivity index is 1.12. The zero-order valence-corrected chi connectivity index (χ0v) is 32.3. The van der Waals surface area contributed by atoms with E-state index in [-0.39, 0.29) is 0 Å². The first-order valence-electron chi connectivity index (χ1n) is 19.8. The molecule has 0 saturated heterocycles. The molecule has 0 aliphatic carbocycles. The second-order valence-electron chi connectivity index (χ2n) is 14.9. The predicted molar refractivity (Wildman–Crippen MR) is 248 cm³/mol. The van der Waals surface area contributed by atoms with Crippen LogP contribution in [0.25, 0.3) is 86.3 Å².